The zero-order valence-corrected chi connectivity index (χ0v) is 9.13. The lowest BCUT2D eigenvalue weighted by Gasteiger charge is -2.28. The Kier molecular flexibility index (Phi) is 2.96. The minimum absolute atomic E-state index is 0.0990. The summed E-state index contributed by atoms with van der Waals surface area (Å²) in [7, 11) is 5.96. The van der Waals surface area contributed by atoms with Gasteiger partial charge in [-0.15, -0.1) is 0 Å². The van der Waals surface area contributed by atoms with E-state index in [0.717, 1.165) is 25.9 Å². The van der Waals surface area contributed by atoms with Crippen molar-refractivity contribution in [3.8, 4) is 0 Å². The van der Waals surface area contributed by atoms with Crippen LogP contribution < -0.4 is 0 Å². The number of hydrogen-bond donors (Lipinski definition) is 0. The molecule has 13 heavy (non-hydrogen) atoms. The highest BCUT2D eigenvalue weighted by atomic mass is 16.2. The zero-order chi connectivity index (χ0) is 10.1. The van der Waals surface area contributed by atoms with Crippen LogP contribution in [-0.4, -0.2) is 49.9 Å². The van der Waals surface area contributed by atoms with Gasteiger partial charge in [0.25, 0.3) is 0 Å². The van der Waals surface area contributed by atoms with Gasteiger partial charge in [-0.1, -0.05) is 6.92 Å². The molecule has 1 rings (SSSR count). The standard InChI is InChI=1S/C10H20N2O/c1-5-10(8-11(2)3)6-7-12(4)9(10)13/h5-8H2,1-4H3. The van der Waals surface area contributed by atoms with Crippen molar-refractivity contribution in [2.75, 3.05) is 34.2 Å². The van der Waals surface area contributed by atoms with E-state index in [-0.39, 0.29) is 5.41 Å². The van der Waals surface area contributed by atoms with Crippen LogP contribution in [0.5, 0.6) is 0 Å². The largest absolute Gasteiger partial charge is 0.345 e. The van der Waals surface area contributed by atoms with Crippen LogP contribution in [0.3, 0.4) is 0 Å². The maximum Gasteiger partial charge on any atom is 0.229 e. The molecule has 1 fully saturated rings. The van der Waals surface area contributed by atoms with Crippen molar-refractivity contribution < 1.29 is 4.79 Å². The number of carbonyl (C=O) groups excluding carboxylic acids is 1. The number of likely N-dealkylation sites (tertiary alicyclic amines) is 1. The van der Waals surface area contributed by atoms with Gasteiger partial charge in [-0.2, -0.15) is 0 Å². The molecular weight excluding hydrogens is 164 g/mol. The second-order valence-corrected chi connectivity index (χ2v) is 4.35. The molecular formula is C10H20N2O. The molecule has 0 spiro atoms. The van der Waals surface area contributed by atoms with E-state index in [1.807, 2.05) is 26.0 Å². The molecule has 0 bridgehead atoms. The number of carbonyl (C=O) groups is 1. The second-order valence-electron chi connectivity index (χ2n) is 4.35. The first-order valence-electron chi connectivity index (χ1n) is 4.92. The third-order valence-corrected chi connectivity index (χ3v) is 3.02. The molecule has 0 aromatic carbocycles. The van der Waals surface area contributed by atoms with E-state index in [1.54, 1.807) is 0 Å². The fourth-order valence-corrected chi connectivity index (χ4v) is 2.19. The summed E-state index contributed by atoms with van der Waals surface area (Å²) < 4.78 is 0. The molecule has 0 N–H and O–H groups in total. The smallest absolute Gasteiger partial charge is 0.229 e. The Morgan fingerprint density at radius 3 is 2.46 bits per heavy atom. The maximum absolute atomic E-state index is 11.9. The van der Waals surface area contributed by atoms with Crippen molar-refractivity contribution in [2.45, 2.75) is 19.8 Å². The molecule has 0 aromatic rings. The molecule has 1 atom stereocenters. The molecule has 0 saturated carbocycles. The monoisotopic (exact) mass is 184 g/mol. The summed E-state index contributed by atoms with van der Waals surface area (Å²) >= 11 is 0. The molecule has 0 aliphatic carbocycles. The molecule has 3 heteroatoms. The van der Waals surface area contributed by atoms with Crippen molar-refractivity contribution in [2.24, 2.45) is 5.41 Å². The van der Waals surface area contributed by atoms with E-state index in [9.17, 15) is 4.79 Å². The second kappa shape index (κ2) is 3.66. The molecule has 3 nitrogen and oxygen atoms in total. The van der Waals surface area contributed by atoms with Crippen LogP contribution in [0.4, 0.5) is 0 Å². The summed E-state index contributed by atoms with van der Waals surface area (Å²) in [5.74, 6) is 0.323. The molecule has 1 aliphatic rings. The van der Waals surface area contributed by atoms with Crippen molar-refractivity contribution in [1.82, 2.24) is 9.80 Å². The van der Waals surface area contributed by atoms with E-state index in [4.69, 9.17) is 0 Å². The number of amides is 1. The summed E-state index contributed by atoms with van der Waals surface area (Å²) in [5.41, 5.74) is -0.0990. The van der Waals surface area contributed by atoms with Crippen LogP contribution in [0.25, 0.3) is 0 Å². The Labute approximate surface area is 80.7 Å². The first-order valence-corrected chi connectivity index (χ1v) is 4.92. The number of hydrogen-bond acceptors (Lipinski definition) is 2. The third-order valence-electron chi connectivity index (χ3n) is 3.02. The van der Waals surface area contributed by atoms with Crippen LogP contribution >= 0.6 is 0 Å². The van der Waals surface area contributed by atoms with Crippen LogP contribution in [0, 0.1) is 5.41 Å². The Balaban J connectivity index is 2.76. The molecule has 76 valence electrons. The van der Waals surface area contributed by atoms with Gasteiger partial charge in [0.15, 0.2) is 0 Å². The van der Waals surface area contributed by atoms with Crippen LogP contribution in [0.2, 0.25) is 0 Å². The Bertz CT molecular complexity index is 203. The minimum Gasteiger partial charge on any atom is -0.345 e. The highest BCUT2D eigenvalue weighted by Gasteiger charge is 2.43. The van der Waals surface area contributed by atoms with Gasteiger partial charge < -0.3 is 9.80 Å². The predicted molar refractivity (Wildman–Crippen MR) is 53.5 cm³/mol. The average Bonchev–Trinajstić information content (AvgIpc) is 2.33. The van der Waals surface area contributed by atoms with E-state index in [0.29, 0.717) is 5.91 Å². The molecule has 1 amide bonds. The van der Waals surface area contributed by atoms with E-state index in [1.165, 1.54) is 0 Å². The van der Waals surface area contributed by atoms with Crippen molar-refractivity contribution in [1.29, 1.82) is 0 Å². The maximum atomic E-state index is 11.9. The summed E-state index contributed by atoms with van der Waals surface area (Å²) in [6, 6.07) is 0. The van der Waals surface area contributed by atoms with Gasteiger partial charge in [0.2, 0.25) is 5.91 Å². The molecule has 1 unspecified atom stereocenters. The fourth-order valence-electron chi connectivity index (χ4n) is 2.19. The SMILES string of the molecule is CCC1(CN(C)C)CCN(C)C1=O. The van der Waals surface area contributed by atoms with Crippen molar-refractivity contribution in [3.63, 3.8) is 0 Å². The lowest BCUT2D eigenvalue weighted by atomic mass is 9.83. The molecule has 1 aliphatic heterocycles. The van der Waals surface area contributed by atoms with Crippen LogP contribution in [0.1, 0.15) is 19.8 Å². The van der Waals surface area contributed by atoms with Gasteiger partial charge in [0.1, 0.15) is 0 Å². The Morgan fingerprint density at radius 1 is 1.54 bits per heavy atom. The first-order chi connectivity index (χ1) is 6.02. The normalized spacial score (nSPS) is 29.0. The Hall–Kier alpha value is -0.570. The van der Waals surface area contributed by atoms with Gasteiger partial charge in [-0.05, 0) is 26.9 Å². The predicted octanol–water partition coefficient (Wildman–Crippen LogP) is 0.806. The topological polar surface area (TPSA) is 23.6 Å². The Morgan fingerprint density at radius 2 is 2.15 bits per heavy atom. The van der Waals surface area contributed by atoms with Gasteiger partial charge in [-0.3, -0.25) is 4.79 Å². The summed E-state index contributed by atoms with van der Waals surface area (Å²) in [6.07, 6.45) is 1.96. The minimum atomic E-state index is -0.0990. The van der Waals surface area contributed by atoms with Gasteiger partial charge in [-0.25, -0.2) is 0 Å². The van der Waals surface area contributed by atoms with Crippen LogP contribution in [0.15, 0.2) is 0 Å². The third kappa shape index (κ3) is 1.85. The summed E-state index contributed by atoms with van der Waals surface area (Å²) in [6.45, 7) is 3.91. The fraction of sp³-hybridized carbons (Fsp3) is 0.900. The summed E-state index contributed by atoms with van der Waals surface area (Å²) in [4.78, 5) is 15.9. The quantitative estimate of drug-likeness (QED) is 0.648. The molecule has 0 aromatic heterocycles. The zero-order valence-electron chi connectivity index (χ0n) is 9.13. The number of rotatable bonds is 3. The molecule has 0 radical (unpaired) electrons. The van der Waals surface area contributed by atoms with Gasteiger partial charge >= 0.3 is 0 Å². The van der Waals surface area contributed by atoms with Gasteiger partial charge in [0.05, 0.1) is 5.41 Å². The first kappa shape index (κ1) is 10.5. The summed E-state index contributed by atoms with van der Waals surface area (Å²) in [5, 5.41) is 0. The average molecular weight is 184 g/mol. The van der Waals surface area contributed by atoms with Crippen LogP contribution in [-0.2, 0) is 4.79 Å². The highest BCUT2D eigenvalue weighted by Crippen LogP contribution is 2.34. The van der Waals surface area contributed by atoms with Crippen molar-refractivity contribution >= 4 is 5.91 Å². The highest BCUT2D eigenvalue weighted by molar-refractivity contribution is 5.84. The van der Waals surface area contributed by atoms with E-state index in [2.05, 4.69) is 11.8 Å². The van der Waals surface area contributed by atoms with Crippen molar-refractivity contribution in [3.05, 3.63) is 0 Å². The molecule has 1 heterocycles. The lowest BCUT2D eigenvalue weighted by molar-refractivity contribution is -0.135. The number of nitrogens with zero attached hydrogens (tertiary/aromatic N) is 2. The van der Waals surface area contributed by atoms with E-state index >= 15 is 0 Å². The lowest BCUT2D eigenvalue weighted by Crippen LogP contribution is -2.40. The van der Waals surface area contributed by atoms with E-state index < -0.39 is 0 Å². The molecule has 1 saturated heterocycles. The van der Waals surface area contributed by atoms with Gasteiger partial charge in [0, 0.05) is 20.1 Å².